The van der Waals surface area contributed by atoms with E-state index in [9.17, 15) is 14.4 Å². The van der Waals surface area contributed by atoms with E-state index in [2.05, 4.69) is 0 Å². The second kappa shape index (κ2) is 8.50. The highest BCUT2D eigenvalue weighted by Gasteiger charge is 2.36. The molecule has 0 N–H and O–H groups in total. The normalized spacial score (nSPS) is 17.4. The summed E-state index contributed by atoms with van der Waals surface area (Å²) in [5, 5.41) is 0. The van der Waals surface area contributed by atoms with Crippen molar-refractivity contribution in [3.63, 3.8) is 0 Å². The van der Waals surface area contributed by atoms with Crippen LogP contribution in [0.2, 0.25) is 0 Å². The minimum Gasteiger partial charge on any atom is -0.464 e. The molecule has 3 rings (SSSR count). The Morgan fingerprint density at radius 2 is 1.71 bits per heavy atom. The van der Waals surface area contributed by atoms with Crippen molar-refractivity contribution in [2.24, 2.45) is 18.9 Å². The van der Waals surface area contributed by atoms with E-state index in [1.54, 1.807) is 23.4 Å². The molecule has 1 heterocycles. The Bertz CT molecular complexity index is 770. The lowest BCUT2D eigenvalue weighted by atomic mass is 9.88. The van der Waals surface area contributed by atoms with Crippen LogP contribution in [0.3, 0.4) is 0 Å². The summed E-state index contributed by atoms with van der Waals surface area (Å²) in [7, 11) is 3.10. The van der Waals surface area contributed by atoms with Gasteiger partial charge in [-0.1, -0.05) is 19.3 Å². The molecule has 2 aliphatic rings. The summed E-state index contributed by atoms with van der Waals surface area (Å²) < 4.78 is 6.58. The van der Waals surface area contributed by atoms with Crippen LogP contribution in [-0.2, 0) is 16.6 Å². The first-order valence-corrected chi connectivity index (χ1v) is 10.4. The molecule has 1 aromatic heterocycles. The average molecular weight is 389 g/mol. The predicted octanol–water partition coefficient (Wildman–Crippen LogP) is 3.43. The number of amides is 1. The quantitative estimate of drug-likeness (QED) is 0.530. The van der Waals surface area contributed by atoms with Gasteiger partial charge in [-0.2, -0.15) is 0 Å². The van der Waals surface area contributed by atoms with Crippen molar-refractivity contribution in [2.45, 2.75) is 58.8 Å². The fourth-order valence-electron chi connectivity index (χ4n) is 4.53. The number of nitrogens with zero attached hydrogens (tertiary/aromatic N) is 2. The van der Waals surface area contributed by atoms with Gasteiger partial charge in [0.15, 0.2) is 5.78 Å². The van der Waals surface area contributed by atoms with Crippen LogP contribution in [0.25, 0.3) is 0 Å². The molecule has 0 radical (unpaired) electrons. The van der Waals surface area contributed by atoms with Gasteiger partial charge in [0.25, 0.3) is 0 Å². The van der Waals surface area contributed by atoms with E-state index in [1.807, 2.05) is 6.92 Å². The molecule has 1 aromatic rings. The van der Waals surface area contributed by atoms with Crippen molar-refractivity contribution in [3.05, 3.63) is 22.5 Å². The van der Waals surface area contributed by atoms with E-state index in [0.29, 0.717) is 29.3 Å². The summed E-state index contributed by atoms with van der Waals surface area (Å²) in [5.41, 5.74) is 2.31. The third-order valence-electron chi connectivity index (χ3n) is 6.36. The SMILES string of the molecule is COC(=O)c1c(C)c(C(=O)CN(CC2CCCCC2)C(=O)C2CC2)c(C)n1C. The standard InChI is InChI=1S/C22H32N2O4/c1-14-19(15(2)23(3)20(14)22(27)28-4)18(25)13-24(21(26)17-10-11-17)12-16-8-6-5-7-9-16/h16-17H,5-13H2,1-4H3. The fourth-order valence-corrected chi connectivity index (χ4v) is 4.53. The van der Waals surface area contributed by atoms with Crippen molar-refractivity contribution in [1.29, 1.82) is 0 Å². The highest BCUT2D eigenvalue weighted by Crippen LogP contribution is 2.33. The molecule has 2 aliphatic carbocycles. The molecular weight excluding hydrogens is 356 g/mol. The van der Waals surface area contributed by atoms with E-state index < -0.39 is 5.97 Å². The zero-order valence-corrected chi connectivity index (χ0v) is 17.5. The average Bonchev–Trinajstić information content (AvgIpc) is 3.49. The van der Waals surface area contributed by atoms with Crippen molar-refractivity contribution < 1.29 is 19.1 Å². The molecule has 1 amide bonds. The van der Waals surface area contributed by atoms with Crippen molar-refractivity contribution in [1.82, 2.24) is 9.47 Å². The van der Waals surface area contributed by atoms with Gasteiger partial charge in [-0.05, 0) is 51.0 Å². The smallest absolute Gasteiger partial charge is 0.354 e. The van der Waals surface area contributed by atoms with Crippen LogP contribution in [0.15, 0.2) is 0 Å². The lowest BCUT2D eigenvalue weighted by Crippen LogP contribution is -2.40. The molecule has 2 fully saturated rings. The fraction of sp³-hybridized carbons (Fsp3) is 0.682. The van der Waals surface area contributed by atoms with Gasteiger partial charge >= 0.3 is 5.97 Å². The first kappa shape index (κ1) is 20.6. The maximum Gasteiger partial charge on any atom is 0.354 e. The summed E-state index contributed by atoms with van der Waals surface area (Å²) in [4.78, 5) is 39.9. The van der Waals surface area contributed by atoms with Crippen LogP contribution >= 0.6 is 0 Å². The van der Waals surface area contributed by atoms with Crippen LogP contribution in [-0.4, -0.2) is 47.3 Å². The minimum absolute atomic E-state index is 0.0921. The molecule has 0 unspecified atom stereocenters. The molecule has 28 heavy (non-hydrogen) atoms. The van der Waals surface area contributed by atoms with Gasteiger partial charge in [0.2, 0.25) is 5.91 Å². The second-order valence-electron chi connectivity index (χ2n) is 8.40. The van der Waals surface area contributed by atoms with Crippen molar-refractivity contribution in [3.8, 4) is 0 Å². The maximum absolute atomic E-state index is 13.2. The number of carbonyl (C=O) groups is 3. The Morgan fingerprint density at radius 1 is 1.07 bits per heavy atom. The Kier molecular flexibility index (Phi) is 6.26. The van der Waals surface area contributed by atoms with E-state index in [1.165, 1.54) is 26.4 Å². The van der Waals surface area contributed by atoms with Crippen LogP contribution < -0.4 is 0 Å². The van der Waals surface area contributed by atoms with E-state index in [0.717, 1.165) is 31.4 Å². The predicted molar refractivity (Wildman–Crippen MR) is 106 cm³/mol. The van der Waals surface area contributed by atoms with Gasteiger partial charge in [0, 0.05) is 30.8 Å². The zero-order valence-electron chi connectivity index (χ0n) is 17.5. The minimum atomic E-state index is -0.449. The van der Waals surface area contributed by atoms with E-state index in [4.69, 9.17) is 4.74 Å². The van der Waals surface area contributed by atoms with Gasteiger partial charge in [0.05, 0.1) is 13.7 Å². The molecule has 0 aromatic carbocycles. The second-order valence-corrected chi connectivity index (χ2v) is 8.40. The topological polar surface area (TPSA) is 68.6 Å². The number of ketones is 1. The third-order valence-corrected chi connectivity index (χ3v) is 6.36. The molecule has 0 atom stereocenters. The van der Waals surface area contributed by atoms with Gasteiger partial charge in [-0.25, -0.2) is 4.79 Å². The number of rotatable bonds is 7. The van der Waals surface area contributed by atoms with Crippen molar-refractivity contribution in [2.75, 3.05) is 20.2 Å². The first-order valence-electron chi connectivity index (χ1n) is 10.4. The van der Waals surface area contributed by atoms with E-state index >= 15 is 0 Å². The number of carbonyl (C=O) groups excluding carboxylic acids is 3. The molecule has 0 saturated heterocycles. The molecule has 0 bridgehead atoms. The Morgan fingerprint density at radius 3 is 2.29 bits per heavy atom. The van der Waals surface area contributed by atoms with Gasteiger partial charge < -0.3 is 14.2 Å². The number of hydrogen-bond donors (Lipinski definition) is 0. The van der Waals surface area contributed by atoms with Gasteiger partial charge in [-0.3, -0.25) is 9.59 Å². The number of esters is 1. The number of methoxy groups -OCH3 is 1. The maximum atomic E-state index is 13.2. The first-order chi connectivity index (χ1) is 13.3. The monoisotopic (exact) mass is 388 g/mol. The molecule has 6 nitrogen and oxygen atoms in total. The largest absolute Gasteiger partial charge is 0.464 e. The van der Waals surface area contributed by atoms with Crippen LogP contribution in [0.5, 0.6) is 0 Å². The highest BCUT2D eigenvalue weighted by molar-refractivity contribution is 6.04. The molecule has 0 aliphatic heterocycles. The van der Waals surface area contributed by atoms with Crippen LogP contribution in [0.1, 0.15) is 77.0 Å². The van der Waals surface area contributed by atoms with Crippen LogP contribution in [0, 0.1) is 25.7 Å². The Hall–Kier alpha value is -2.11. The molecule has 0 spiro atoms. The number of Topliss-reactive ketones (excluding diaryl/α,β-unsaturated/α-hetero) is 1. The summed E-state index contributed by atoms with van der Waals surface area (Å²) in [6.45, 7) is 4.38. The Balaban J connectivity index is 1.81. The molecule has 6 heteroatoms. The summed E-state index contributed by atoms with van der Waals surface area (Å²) in [6, 6.07) is 0. The number of ether oxygens (including phenoxy) is 1. The van der Waals surface area contributed by atoms with Crippen LogP contribution in [0.4, 0.5) is 0 Å². The number of aromatic nitrogens is 1. The third kappa shape index (κ3) is 4.15. The summed E-state index contributed by atoms with van der Waals surface area (Å²) in [6.07, 6.45) is 7.84. The molecule has 2 saturated carbocycles. The van der Waals surface area contributed by atoms with Gasteiger partial charge in [-0.15, -0.1) is 0 Å². The molecule has 154 valence electrons. The lowest BCUT2D eigenvalue weighted by Gasteiger charge is -2.29. The van der Waals surface area contributed by atoms with Crippen molar-refractivity contribution >= 4 is 17.7 Å². The highest BCUT2D eigenvalue weighted by atomic mass is 16.5. The van der Waals surface area contributed by atoms with E-state index in [-0.39, 0.29) is 24.2 Å². The summed E-state index contributed by atoms with van der Waals surface area (Å²) >= 11 is 0. The lowest BCUT2D eigenvalue weighted by molar-refractivity contribution is -0.132. The summed E-state index contributed by atoms with van der Waals surface area (Å²) in [5.74, 6) is 0.173. The molecular formula is C22H32N2O4. The number of hydrogen-bond acceptors (Lipinski definition) is 4. The Labute approximate surface area is 167 Å². The zero-order chi connectivity index (χ0) is 20.4. The van der Waals surface area contributed by atoms with Gasteiger partial charge in [0.1, 0.15) is 5.69 Å².